The number of hydrogen-bond donors (Lipinski definition) is 1. The van der Waals surface area contributed by atoms with E-state index < -0.39 is 21.4 Å². The van der Waals surface area contributed by atoms with Crippen molar-refractivity contribution in [2.45, 2.75) is 4.90 Å². The smallest absolute Gasteiger partial charge is 0.312 e. The van der Waals surface area contributed by atoms with E-state index in [1.54, 1.807) is 19.2 Å². The first-order chi connectivity index (χ1) is 11.7. The Morgan fingerprint density at radius 1 is 1.24 bits per heavy atom. The summed E-state index contributed by atoms with van der Waals surface area (Å²) in [6.07, 6.45) is 0. The summed E-state index contributed by atoms with van der Waals surface area (Å²) in [5, 5.41) is 18.1. The Bertz CT molecular complexity index is 971. The molecule has 2 aliphatic heterocycles. The van der Waals surface area contributed by atoms with Gasteiger partial charge in [-0.1, -0.05) is 6.07 Å². The zero-order valence-corrected chi connectivity index (χ0v) is 14.8. The number of hydrogen-bond acceptors (Lipinski definition) is 6. The van der Waals surface area contributed by atoms with Crippen LogP contribution in [-0.4, -0.2) is 76.9 Å². The Morgan fingerprint density at radius 2 is 2.00 bits per heavy atom. The summed E-state index contributed by atoms with van der Waals surface area (Å²) in [6.45, 7) is 1.12. The van der Waals surface area contributed by atoms with Crippen molar-refractivity contribution in [3.63, 3.8) is 0 Å². The lowest BCUT2D eigenvalue weighted by atomic mass is 9.81. The molecule has 0 bridgehead atoms. The van der Waals surface area contributed by atoms with Gasteiger partial charge in [-0.2, -0.15) is 19.3 Å². The third-order valence-corrected chi connectivity index (χ3v) is 7.11. The zero-order valence-electron chi connectivity index (χ0n) is 14.0. The number of rotatable bonds is 3. The molecule has 2 aliphatic rings. The normalized spacial score (nSPS) is 27.8. The molecule has 0 amide bonds. The highest BCUT2D eigenvalue weighted by Gasteiger charge is 2.59. The van der Waals surface area contributed by atoms with Gasteiger partial charge in [0.15, 0.2) is 0 Å². The van der Waals surface area contributed by atoms with Crippen LogP contribution in [0.25, 0.3) is 11.0 Å². The molecule has 2 fully saturated rings. The van der Waals surface area contributed by atoms with Crippen molar-refractivity contribution in [2.24, 2.45) is 18.4 Å². The summed E-state index contributed by atoms with van der Waals surface area (Å²) in [5.74, 6) is -1.15. The molecule has 1 aromatic carbocycles. The molecule has 134 valence electrons. The quantitative estimate of drug-likeness (QED) is 0.789. The Hall–Kier alpha value is -2.04. The maximum Gasteiger partial charge on any atom is 0.312 e. The van der Waals surface area contributed by atoms with E-state index in [9.17, 15) is 18.3 Å². The number of nitrogens with zero attached hydrogens (tertiary/aromatic N) is 5. The number of sulfonamides is 1. The second-order valence-electron chi connectivity index (χ2n) is 6.97. The zero-order chi connectivity index (χ0) is 18.0. The van der Waals surface area contributed by atoms with E-state index in [1.165, 1.54) is 15.2 Å². The fourth-order valence-corrected chi connectivity index (χ4v) is 5.81. The van der Waals surface area contributed by atoms with Crippen LogP contribution in [0.3, 0.4) is 0 Å². The van der Waals surface area contributed by atoms with Crippen molar-refractivity contribution in [3.05, 3.63) is 18.2 Å². The number of fused-ring (bicyclic) bond motifs is 2. The maximum atomic E-state index is 13.2. The fraction of sp³-hybridized carbons (Fsp3) is 0.533. The molecule has 2 atom stereocenters. The van der Waals surface area contributed by atoms with E-state index in [4.69, 9.17) is 0 Å². The number of aliphatic carboxylic acids is 1. The molecular formula is C15H19N5O4S. The van der Waals surface area contributed by atoms with Crippen molar-refractivity contribution in [1.82, 2.24) is 24.2 Å². The topological polar surface area (TPSA) is 109 Å². The minimum Gasteiger partial charge on any atom is -0.481 e. The van der Waals surface area contributed by atoms with E-state index in [0.717, 1.165) is 0 Å². The minimum atomic E-state index is -3.85. The van der Waals surface area contributed by atoms with Crippen LogP contribution in [0.2, 0.25) is 0 Å². The second-order valence-corrected chi connectivity index (χ2v) is 8.87. The first kappa shape index (κ1) is 16.4. The third-order valence-electron chi connectivity index (χ3n) is 5.27. The highest BCUT2D eigenvalue weighted by Crippen LogP contribution is 2.44. The molecule has 4 rings (SSSR count). The van der Waals surface area contributed by atoms with E-state index in [2.05, 4.69) is 10.2 Å². The predicted octanol–water partition coefficient (Wildman–Crippen LogP) is -0.395. The van der Waals surface area contributed by atoms with Gasteiger partial charge in [0, 0.05) is 39.1 Å². The Labute approximate surface area is 144 Å². The monoisotopic (exact) mass is 365 g/mol. The van der Waals surface area contributed by atoms with Crippen LogP contribution in [0, 0.1) is 11.3 Å². The van der Waals surface area contributed by atoms with Gasteiger partial charge in [-0.3, -0.25) is 4.79 Å². The molecule has 1 aromatic heterocycles. The number of likely N-dealkylation sites (tertiary alicyclic amines) is 1. The molecule has 2 aromatic rings. The van der Waals surface area contributed by atoms with Crippen LogP contribution in [0.5, 0.6) is 0 Å². The SMILES string of the molecule is CN1C[C@H]2CN(S(=O)(=O)c3cccc4nn(C)nc34)C[C@@]2(C(=O)O)C1. The average molecular weight is 365 g/mol. The molecule has 0 unspecified atom stereocenters. The first-order valence-corrected chi connectivity index (χ1v) is 9.40. The molecule has 0 radical (unpaired) electrons. The summed E-state index contributed by atoms with van der Waals surface area (Å²) in [5.41, 5.74) is -0.239. The summed E-state index contributed by atoms with van der Waals surface area (Å²) in [4.78, 5) is 15.3. The standard InChI is InChI=1S/C15H19N5O4S/c1-18-6-10-7-20(9-15(10,8-18)14(21)22)25(23,24)12-5-3-4-11-13(12)17-19(2)16-11/h3-5,10H,6-9H2,1-2H3,(H,21,22)/t10-,15-/m0/s1. The molecule has 1 N–H and O–H groups in total. The van der Waals surface area contributed by atoms with Crippen molar-refractivity contribution in [1.29, 1.82) is 0 Å². The molecule has 0 saturated carbocycles. The fourth-order valence-electron chi connectivity index (χ4n) is 4.12. The number of aromatic nitrogens is 3. The summed E-state index contributed by atoms with van der Waals surface area (Å²) in [7, 11) is -0.353. The summed E-state index contributed by atoms with van der Waals surface area (Å²) in [6, 6.07) is 4.83. The number of aryl methyl sites for hydroxylation is 1. The third kappa shape index (κ3) is 2.28. The number of carbonyl (C=O) groups is 1. The Morgan fingerprint density at radius 3 is 2.68 bits per heavy atom. The number of carboxylic acid groups (broad SMARTS) is 1. The van der Waals surface area contributed by atoms with Crippen molar-refractivity contribution in [3.8, 4) is 0 Å². The lowest BCUT2D eigenvalue weighted by Crippen LogP contribution is -2.41. The summed E-state index contributed by atoms with van der Waals surface area (Å²) < 4.78 is 27.6. The number of carboxylic acids is 1. The van der Waals surface area contributed by atoms with Crippen molar-refractivity contribution in [2.75, 3.05) is 33.2 Å². The predicted molar refractivity (Wildman–Crippen MR) is 88.3 cm³/mol. The Balaban J connectivity index is 1.76. The molecule has 25 heavy (non-hydrogen) atoms. The van der Waals surface area contributed by atoms with Gasteiger partial charge in [0.25, 0.3) is 0 Å². The van der Waals surface area contributed by atoms with E-state index in [1.807, 2.05) is 11.9 Å². The molecular weight excluding hydrogens is 346 g/mol. The summed E-state index contributed by atoms with van der Waals surface area (Å²) >= 11 is 0. The minimum absolute atomic E-state index is 0.0175. The number of benzene rings is 1. The van der Waals surface area contributed by atoms with Gasteiger partial charge in [0.1, 0.15) is 15.9 Å². The van der Waals surface area contributed by atoms with Crippen molar-refractivity contribution < 1.29 is 18.3 Å². The molecule has 9 nitrogen and oxygen atoms in total. The Kier molecular flexibility index (Phi) is 3.44. The van der Waals surface area contributed by atoms with Gasteiger partial charge < -0.3 is 10.0 Å². The van der Waals surface area contributed by atoms with E-state index >= 15 is 0 Å². The van der Waals surface area contributed by atoms with Crippen LogP contribution in [0.15, 0.2) is 23.1 Å². The average Bonchev–Trinajstić information content (AvgIpc) is 3.15. The van der Waals surface area contributed by atoms with Crippen LogP contribution in [-0.2, 0) is 21.9 Å². The molecule has 3 heterocycles. The highest BCUT2D eigenvalue weighted by molar-refractivity contribution is 7.89. The molecule has 10 heteroatoms. The van der Waals surface area contributed by atoms with Gasteiger partial charge in [0.05, 0.1) is 5.41 Å². The van der Waals surface area contributed by atoms with Gasteiger partial charge in [-0.25, -0.2) is 8.42 Å². The maximum absolute atomic E-state index is 13.2. The van der Waals surface area contributed by atoms with E-state index in [-0.39, 0.29) is 23.9 Å². The van der Waals surface area contributed by atoms with Gasteiger partial charge in [0.2, 0.25) is 10.0 Å². The van der Waals surface area contributed by atoms with Crippen LogP contribution in [0.1, 0.15) is 0 Å². The second kappa shape index (κ2) is 5.23. The largest absolute Gasteiger partial charge is 0.481 e. The molecule has 0 aliphatic carbocycles. The lowest BCUT2D eigenvalue weighted by Gasteiger charge is -2.24. The van der Waals surface area contributed by atoms with Crippen LogP contribution in [0.4, 0.5) is 0 Å². The van der Waals surface area contributed by atoms with Crippen molar-refractivity contribution >= 4 is 27.0 Å². The molecule has 0 spiro atoms. The lowest BCUT2D eigenvalue weighted by molar-refractivity contribution is -0.148. The first-order valence-electron chi connectivity index (χ1n) is 7.96. The van der Waals surface area contributed by atoms with Crippen LogP contribution >= 0.6 is 0 Å². The highest BCUT2D eigenvalue weighted by atomic mass is 32.2. The van der Waals surface area contributed by atoms with Gasteiger partial charge in [-0.05, 0) is 19.2 Å². The van der Waals surface area contributed by atoms with E-state index in [0.29, 0.717) is 24.1 Å². The van der Waals surface area contributed by atoms with Crippen LogP contribution < -0.4 is 0 Å². The van der Waals surface area contributed by atoms with Gasteiger partial charge >= 0.3 is 5.97 Å². The van der Waals surface area contributed by atoms with Gasteiger partial charge in [-0.15, -0.1) is 0 Å². The molecule has 2 saturated heterocycles.